The minimum atomic E-state index is -4.76. The topological polar surface area (TPSA) is 63.2 Å². The molecule has 1 aromatic rings. The summed E-state index contributed by atoms with van der Waals surface area (Å²) in [4.78, 5) is 10.4. The van der Waals surface area contributed by atoms with Crippen molar-refractivity contribution in [2.75, 3.05) is 12.8 Å². The molecule has 0 radical (unpaired) electrons. The van der Waals surface area contributed by atoms with Crippen molar-refractivity contribution in [3.8, 4) is 0 Å². The molecule has 0 bridgehead atoms. The number of hydrogen-bond acceptors (Lipinski definition) is 3. The van der Waals surface area contributed by atoms with Crippen molar-refractivity contribution in [1.29, 1.82) is 0 Å². The van der Waals surface area contributed by atoms with E-state index in [0.717, 1.165) is 18.4 Å². The summed E-state index contributed by atoms with van der Waals surface area (Å²) >= 11 is 0. The van der Waals surface area contributed by atoms with Gasteiger partial charge in [-0.3, -0.25) is 4.79 Å². The zero-order valence-electron chi connectivity index (χ0n) is 10.5. The third kappa shape index (κ3) is 2.95. The summed E-state index contributed by atoms with van der Waals surface area (Å²) in [7, 11) is -3.97. The van der Waals surface area contributed by atoms with Crippen molar-refractivity contribution in [2.45, 2.75) is 23.4 Å². The molecule has 1 N–H and O–H groups in total. The minimum absolute atomic E-state index is 0.107. The van der Waals surface area contributed by atoms with Gasteiger partial charge in [0.15, 0.2) is 9.84 Å². The number of alkyl halides is 3. The first kappa shape index (κ1) is 14.8. The molecule has 4 nitrogen and oxygen atoms in total. The largest absolute Gasteiger partial charge is 0.417 e. The van der Waals surface area contributed by atoms with E-state index in [9.17, 15) is 26.4 Å². The van der Waals surface area contributed by atoms with Crippen LogP contribution in [-0.2, 0) is 20.8 Å². The number of hydrogen-bond donors (Lipinski definition) is 1. The van der Waals surface area contributed by atoms with Crippen molar-refractivity contribution in [3.63, 3.8) is 0 Å². The Kier molecular flexibility index (Phi) is 3.53. The van der Waals surface area contributed by atoms with E-state index in [4.69, 9.17) is 0 Å². The zero-order chi connectivity index (χ0) is 15.1. The average molecular weight is 307 g/mol. The van der Waals surface area contributed by atoms with Crippen LogP contribution in [0.5, 0.6) is 0 Å². The molecule has 0 spiro atoms. The fourth-order valence-corrected chi connectivity index (χ4v) is 3.08. The molecule has 20 heavy (non-hydrogen) atoms. The highest BCUT2D eigenvalue weighted by atomic mass is 32.2. The summed E-state index contributed by atoms with van der Waals surface area (Å²) in [5, 5.41) is 2.53. The molecule has 1 unspecified atom stereocenters. The molecule has 0 aromatic heterocycles. The molecule has 1 saturated heterocycles. The molecular formula is C12H12F3NO3S. The van der Waals surface area contributed by atoms with Crippen LogP contribution >= 0.6 is 0 Å². The molecule has 1 atom stereocenters. The summed E-state index contributed by atoms with van der Waals surface area (Å²) in [6.45, 7) is 0.258. The second-order valence-corrected chi connectivity index (χ2v) is 6.71. The van der Waals surface area contributed by atoms with E-state index in [0.29, 0.717) is 5.56 Å². The van der Waals surface area contributed by atoms with Gasteiger partial charge in [0.25, 0.3) is 0 Å². The van der Waals surface area contributed by atoms with E-state index >= 15 is 0 Å². The summed E-state index contributed by atoms with van der Waals surface area (Å²) in [6, 6.07) is 3.11. The van der Waals surface area contributed by atoms with Crippen LogP contribution in [0.2, 0.25) is 0 Å². The maximum absolute atomic E-state index is 13.0. The SMILES string of the molecule is CS(=O)(=O)c1ccc(C2CNC(=O)C2)cc1C(F)(F)F. The van der Waals surface area contributed by atoms with Crippen LogP contribution in [-0.4, -0.2) is 27.1 Å². The number of carbonyl (C=O) groups excluding carboxylic acids is 1. The minimum Gasteiger partial charge on any atom is -0.355 e. The average Bonchev–Trinajstić information content (AvgIpc) is 2.73. The van der Waals surface area contributed by atoms with Gasteiger partial charge in [-0.2, -0.15) is 13.2 Å². The van der Waals surface area contributed by atoms with Crippen LogP contribution in [0, 0.1) is 0 Å². The Hall–Kier alpha value is -1.57. The number of halogens is 3. The van der Waals surface area contributed by atoms with Crippen LogP contribution in [0.15, 0.2) is 23.1 Å². The smallest absolute Gasteiger partial charge is 0.355 e. The van der Waals surface area contributed by atoms with Crippen LogP contribution in [0.25, 0.3) is 0 Å². The molecular weight excluding hydrogens is 295 g/mol. The first-order valence-corrected chi connectivity index (χ1v) is 7.66. The monoisotopic (exact) mass is 307 g/mol. The molecule has 1 amide bonds. The number of nitrogens with one attached hydrogen (secondary N) is 1. The van der Waals surface area contributed by atoms with Crippen LogP contribution < -0.4 is 5.32 Å². The number of benzene rings is 1. The van der Waals surface area contributed by atoms with Crippen molar-refractivity contribution in [2.24, 2.45) is 0 Å². The molecule has 110 valence electrons. The van der Waals surface area contributed by atoms with E-state index in [2.05, 4.69) is 5.32 Å². The standard InChI is InChI=1S/C12H12F3NO3S/c1-20(18,19)10-3-2-7(4-9(10)12(13,14)15)8-5-11(17)16-6-8/h2-4,8H,5-6H2,1H3,(H,16,17). The van der Waals surface area contributed by atoms with Gasteiger partial charge in [0.05, 0.1) is 10.5 Å². The second-order valence-electron chi connectivity index (χ2n) is 4.73. The number of carbonyl (C=O) groups is 1. The number of rotatable bonds is 2. The highest BCUT2D eigenvalue weighted by Gasteiger charge is 2.37. The lowest BCUT2D eigenvalue weighted by Gasteiger charge is -2.15. The van der Waals surface area contributed by atoms with Gasteiger partial charge >= 0.3 is 6.18 Å². The molecule has 1 aromatic carbocycles. The van der Waals surface area contributed by atoms with Crippen molar-refractivity contribution in [3.05, 3.63) is 29.3 Å². The quantitative estimate of drug-likeness (QED) is 0.905. The van der Waals surface area contributed by atoms with Gasteiger partial charge in [0.1, 0.15) is 0 Å². The van der Waals surface area contributed by atoms with Crippen LogP contribution in [0.1, 0.15) is 23.5 Å². The highest BCUT2D eigenvalue weighted by molar-refractivity contribution is 7.90. The highest BCUT2D eigenvalue weighted by Crippen LogP contribution is 2.37. The molecule has 0 saturated carbocycles. The molecule has 1 fully saturated rings. The number of sulfone groups is 1. The second kappa shape index (κ2) is 4.76. The van der Waals surface area contributed by atoms with E-state index in [1.807, 2.05) is 0 Å². The van der Waals surface area contributed by atoms with Crippen molar-refractivity contribution < 1.29 is 26.4 Å². The van der Waals surface area contributed by atoms with Crippen LogP contribution in [0.4, 0.5) is 13.2 Å². The van der Waals surface area contributed by atoms with Gasteiger partial charge in [0, 0.05) is 25.1 Å². The maximum atomic E-state index is 13.0. The van der Waals surface area contributed by atoms with Crippen LogP contribution in [0.3, 0.4) is 0 Å². The lowest BCUT2D eigenvalue weighted by molar-refractivity contribution is -0.139. The Morgan fingerprint density at radius 2 is 1.95 bits per heavy atom. The van der Waals surface area contributed by atoms with Gasteiger partial charge < -0.3 is 5.32 Å². The fraction of sp³-hybridized carbons (Fsp3) is 0.417. The first-order valence-electron chi connectivity index (χ1n) is 5.77. The van der Waals surface area contributed by atoms with Crippen molar-refractivity contribution in [1.82, 2.24) is 5.32 Å². The van der Waals surface area contributed by atoms with Gasteiger partial charge in [-0.05, 0) is 17.7 Å². The Bertz CT molecular complexity index is 652. The van der Waals surface area contributed by atoms with Crippen molar-refractivity contribution >= 4 is 15.7 Å². The third-order valence-corrected chi connectivity index (χ3v) is 4.31. The zero-order valence-corrected chi connectivity index (χ0v) is 11.3. The summed E-state index contributed by atoms with van der Waals surface area (Å²) < 4.78 is 61.8. The van der Waals surface area contributed by atoms with Gasteiger partial charge in [-0.1, -0.05) is 6.07 Å². The fourth-order valence-electron chi connectivity index (χ4n) is 2.19. The maximum Gasteiger partial charge on any atom is 0.417 e. The predicted molar refractivity (Wildman–Crippen MR) is 64.9 cm³/mol. The molecule has 1 aliphatic rings. The first-order chi connectivity index (χ1) is 9.09. The Morgan fingerprint density at radius 3 is 2.40 bits per heavy atom. The lowest BCUT2D eigenvalue weighted by atomic mass is 9.96. The van der Waals surface area contributed by atoms with E-state index < -0.39 is 26.5 Å². The predicted octanol–water partition coefficient (Wildman–Crippen LogP) is 1.71. The number of amides is 1. The van der Waals surface area contributed by atoms with Gasteiger partial charge in [-0.25, -0.2) is 8.42 Å². The Morgan fingerprint density at radius 1 is 1.30 bits per heavy atom. The normalized spacial score (nSPS) is 20.0. The molecule has 1 aliphatic heterocycles. The molecule has 1 heterocycles. The summed E-state index contributed by atoms with van der Waals surface area (Å²) in [5.74, 6) is -0.590. The lowest BCUT2D eigenvalue weighted by Crippen LogP contribution is -2.15. The van der Waals surface area contributed by atoms with E-state index in [-0.39, 0.29) is 24.8 Å². The third-order valence-electron chi connectivity index (χ3n) is 3.16. The molecule has 0 aliphatic carbocycles. The molecule has 2 rings (SSSR count). The summed E-state index contributed by atoms with van der Waals surface area (Å²) in [5.41, 5.74) is -0.875. The Labute approximate surface area is 113 Å². The van der Waals surface area contributed by atoms with E-state index in [1.165, 1.54) is 6.07 Å². The van der Waals surface area contributed by atoms with Gasteiger partial charge in [0.2, 0.25) is 5.91 Å². The van der Waals surface area contributed by atoms with Gasteiger partial charge in [-0.15, -0.1) is 0 Å². The molecule has 8 heteroatoms. The van der Waals surface area contributed by atoms with E-state index in [1.54, 1.807) is 0 Å². The summed E-state index contributed by atoms with van der Waals surface area (Å²) in [6.07, 6.45) is -3.92. The Balaban J connectivity index is 2.52.